The van der Waals surface area contributed by atoms with Crippen LogP contribution in [0.2, 0.25) is 5.15 Å². The Balaban J connectivity index is 1.48. The highest BCUT2D eigenvalue weighted by Gasteiger charge is 2.23. The lowest BCUT2D eigenvalue weighted by atomic mass is 10.00. The van der Waals surface area contributed by atoms with Gasteiger partial charge < -0.3 is 4.90 Å². The normalized spacial score (nSPS) is 14.3. The molecule has 3 aromatic heterocycles. The molecule has 0 amide bonds. The number of piperidine rings is 1. The van der Waals surface area contributed by atoms with E-state index in [4.69, 9.17) is 16.6 Å². The first-order chi connectivity index (χ1) is 16.4. The minimum Gasteiger partial charge on any atom is -0.354 e. The van der Waals surface area contributed by atoms with Crippen LogP contribution in [0.1, 0.15) is 25.0 Å². The average molecular weight is 489 g/mol. The van der Waals surface area contributed by atoms with E-state index in [2.05, 4.69) is 15.1 Å². The highest BCUT2D eigenvalue weighted by atomic mass is 35.5. The molecule has 1 saturated heterocycles. The van der Waals surface area contributed by atoms with Gasteiger partial charge >= 0.3 is 6.55 Å². The first kappa shape index (κ1) is 22.3. The monoisotopic (exact) mass is 488 g/mol. The standard InChI is InChI=1S/C23H17ClF4N6/c24-20-9-18-19(11-29-20)32-22(21(31-18)15-10-30-34(12-15)23(27)28)33-5-3-13(4-6-33)7-14-1-2-16(25)8-17(14)26/h1-2,7-12,23H,3-6H2. The van der Waals surface area contributed by atoms with Crippen LogP contribution in [0, 0.1) is 11.6 Å². The summed E-state index contributed by atoms with van der Waals surface area (Å²) in [7, 11) is 0. The first-order valence-electron chi connectivity index (χ1n) is 10.4. The average Bonchev–Trinajstić information content (AvgIpc) is 3.31. The third-order valence-electron chi connectivity index (χ3n) is 5.60. The second-order valence-electron chi connectivity index (χ2n) is 7.83. The van der Waals surface area contributed by atoms with Gasteiger partial charge in [0, 0.05) is 42.5 Å². The highest BCUT2D eigenvalue weighted by molar-refractivity contribution is 6.29. The summed E-state index contributed by atoms with van der Waals surface area (Å²) < 4.78 is 54.0. The molecule has 0 aliphatic carbocycles. The quantitative estimate of drug-likeness (QED) is 0.264. The molecule has 0 N–H and O–H groups in total. The zero-order valence-electron chi connectivity index (χ0n) is 17.6. The van der Waals surface area contributed by atoms with Gasteiger partial charge in [0.05, 0.1) is 17.9 Å². The second kappa shape index (κ2) is 9.02. The SMILES string of the molecule is Fc1ccc(C=C2CCN(c3nc4cnc(Cl)cc4nc3-c3cnn(C(F)F)c3)CC2)c(F)c1. The minimum atomic E-state index is -2.78. The molecule has 0 unspecified atom stereocenters. The Morgan fingerprint density at radius 3 is 2.50 bits per heavy atom. The Labute approximate surface area is 196 Å². The molecule has 5 rings (SSSR count). The molecule has 174 valence electrons. The molecule has 6 nitrogen and oxygen atoms in total. The minimum absolute atomic E-state index is 0.240. The summed E-state index contributed by atoms with van der Waals surface area (Å²) in [5.74, 6) is -0.722. The van der Waals surface area contributed by atoms with Crippen LogP contribution in [0.4, 0.5) is 23.4 Å². The maximum Gasteiger partial charge on any atom is 0.333 e. The molecule has 1 fully saturated rings. The van der Waals surface area contributed by atoms with Crippen LogP contribution in [0.25, 0.3) is 28.4 Å². The van der Waals surface area contributed by atoms with Crippen molar-refractivity contribution >= 4 is 34.5 Å². The molecule has 1 aliphatic rings. The van der Waals surface area contributed by atoms with E-state index in [9.17, 15) is 17.6 Å². The fourth-order valence-electron chi connectivity index (χ4n) is 3.90. The van der Waals surface area contributed by atoms with Crippen LogP contribution >= 0.6 is 11.6 Å². The predicted molar refractivity (Wildman–Crippen MR) is 121 cm³/mol. The van der Waals surface area contributed by atoms with Gasteiger partial charge in [0.1, 0.15) is 28.0 Å². The van der Waals surface area contributed by atoms with E-state index in [1.807, 2.05) is 4.90 Å². The topological polar surface area (TPSA) is 59.7 Å². The summed E-state index contributed by atoms with van der Waals surface area (Å²) in [5.41, 5.74) is 3.13. The third kappa shape index (κ3) is 4.45. The Morgan fingerprint density at radius 1 is 1.00 bits per heavy atom. The number of anilines is 1. The molecule has 0 saturated carbocycles. The van der Waals surface area contributed by atoms with Crippen LogP contribution in [0.5, 0.6) is 0 Å². The molecule has 1 aliphatic heterocycles. The van der Waals surface area contributed by atoms with Crippen molar-refractivity contribution in [1.82, 2.24) is 24.7 Å². The van der Waals surface area contributed by atoms with Gasteiger partial charge in [-0.15, -0.1) is 0 Å². The van der Waals surface area contributed by atoms with Crippen LogP contribution < -0.4 is 4.90 Å². The Kier molecular flexibility index (Phi) is 5.91. The number of hydrogen-bond donors (Lipinski definition) is 0. The second-order valence-corrected chi connectivity index (χ2v) is 8.22. The number of hydrogen-bond acceptors (Lipinski definition) is 5. The lowest BCUT2D eigenvalue weighted by molar-refractivity contribution is 0.0566. The molecular formula is C23H17ClF4N6. The molecule has 11 heteroatoms. The fraction of sp³-hybridized carbons (Fsp3) is 0.217. The van der Waals surface area contributed by atoms with Gasteiger partial charge in [-0.25, -0.2) is 28.4 Å². The number of fused-ring (bicyclic) bond motifs is 1. The van der Waals surface area contributed by atoms with E-state index in [0.29, 0.717) is 64.3 Å². The Morgan fingerprint density at radius 2 is 1.79 bits per heavy atom. The van der Waals surface area contributed by atoms with Crippen molar-refractivity contribution in [3.8, 4) is 11.3 Å². The summed E-state index contributed by atoms with van der Waals surface area (Å²) in [6.45, 7) is -1.68. The van der Waals surface area contributed by atoms with Gasteiger partial charge in [0.15, 0.2) is 5.82 Å². The molecule has 0 atom stereocenters. The Bertz CT molecular complexity index is 1390. The molecule has 0 bridgehead atoms. The molecule has 34 heavy (non-hydrogen) atoms. The van der Waals surface area contributed by atoms with E-state index in [1.165, 1.54) is 30.7 Å². The molecule has 4 heterocycles. The van der Waals surface area contributed by atoms with Gasteiger partial charge in [0.2, 0.25) is 0 Å². The highest BCUT2D eigenvalue weighted by Crippen LogP contribution is 2.33. The first-order valence-corrected chi connectivity index (χ1v) is 10.8. The maximum absolute atomic E-state index is 14.0. The van der Waals surface area contributed by atoms with E-state index in [-0.39, 0.29) is 5.15 Å². The summed E-state index contributed by atoms with van der Waals surface area (Å²) in [5, 5.41) is 3.96. The summed E-state index contributed by atoms with van der Waals surface area (Å²) in [6.07, 6.45) is 7.02. The van der Waals surface area contributed by atoms with Gasteiger partial charge in [-0.05, 0) is 25.0 Å². The van der Waals surface area contributed by atoms with Gasteiger partial charge in [0.25, 0.3) is 0 Å². The summed E-state index contributed by atoms with van der Waals surface area (Å²) >= 11 is 5.99. The molecule has 1 aromatic carbocycles. The van der Waals surface area contributed by atoms with Crippen LogP contribution in [0.3, 0.4) is 0 Å². The van der Waals surface area contributed by atoms with Crippen molar-refractivity contribution in [2.75, 3.05) is 18.0 Å². The van der Waals surface area contributed by atoms with Crippen molar-refractivity contribution < 1.29 is 17.6 Å². The van der Waals surface area contributed by atoms with Crippen LogP contribution in [0.15, 0.2) is 48.4 Å². The zero-order chi connectivity index (χ0) is 23.8. The number of benzene rings is 1. The molecular weight excluding hydrogens is 472 g/mol. The molecule has 0 radical (unpaired) electrons. The van der Waals surface area contributed by atoms with E-state index >= 15 is 0 Å². The smallest absolute Gasteiger partial charge is 0.333 e. The van der Waals surface area contributed by atoms with Crippen molar-refractivity contribution in [3.63, 3.8) is 0 Å². The summed E-state index contributed by atoms with van der Waals surface area (Å²) in [6, 6.07) is 5.05. The zero-order valence-corrected chi connectivity index (χ0v) is 18.4. The maximum atomic E-state index is 14.0. The number of nitrogens with zero attached hydrogens (tertiary/aromatic N) is 6. The van der Waals surface area contributed by atoms with Gasteiger partial charge in [-0.1, -0.05) is 23.3 Å². The number of halogens is 5. The van der Waals surface area contributed by atoms with Gasteiger partial charge in [-0.3, -0.25) is 0 Å². The number of alkyl halides is 2. The third-order valence-corrected chi connectivity index (χ3v) is 5.81. The number of aromatic nitrogens is 5. The van der Waals surface area contributed by atoms with E-state index < -0.39 is 18.2 Å². The Hall–Kier alpha value is -3.53. The van der Waals surface area contributed by atoms with Crippen LogP contribution in [-0.2, 0) is 0 Å². The van der Waals surface area contributed by atoms with Crippen molar-refractivity contribution in [2.24, 2.45) is 0 Å². The predicted octanol–water partition coefficient (Wildman–Crippen LogP) is 5.90. The number of pyridine rings is 1. The summed E-state index contributed by atoms with van der Waals surface area (Å²) in [4.78, 5) is 15.4. The van der Waals surface area contributed by atoms with E-state index in [1.54, 1.807) is 12.1 Å². The lowest BCUT2D eigenvalue weighted by Crippen LogP contribution is -2.32. The van der Waals surface area contributed by atoms with Crippen molar-refractivity contribution in [1.29, 1.82) is 0 Å². The lowest BCUT2D eigenvalue weighted by Gasteiger charge is -2.30. The number of rotatable bonds is 4. The fourth-order valence-corrected chi connectivity index (χ4v) is 4.05. The molecule has 4 aromatic rings. The molecule has 0 spiro atoms. The van der Waals surface area contributed by atoms with Crippen molar-refractivity contribution in [2.45, 2.75) is 19.4 Å². The largest absolute Gasteiger partial charge is 0.354 e. The van der Waals surface area contributed by atoms with Gasteiger partial charge in [-0.2, -0.15) is 13.9 Å². The van der Waals surface area contributed by atoms with Crippen LogP contribution in [-0.4, -0.2) is 37.8 Å². The van der Waals surface area contributed by atoms with E-state index in [0.717, 1.165) is 11.6 Å². The van der Waals surface area contributed by atoms with Crippen molar-refractivity contribution in [3.05, 3.63) is 70.8 Å².